The first-order valence-corrected chi connectivity index (χ1v) is 5.73. The van der Waals surface area contributed by atoms with Crippen molar-refractivity contribution in [2.75, 3.05) is 30.4 Å². The second-order valence-corrected chi connectivity index (χ2v) is 4.71. The van der Waals surface area contributed by atoms with Crippen LogP contribution < -0.4 is 9.80 Å². The van der Waals surface area contributed by atoms with E-state index in [0.717, 1.165) is 17.8 Å². The molecule has 0 saturated carbocycles. The molecule has 0 bridgehead atoms. The molecule has 0 fully saturated rings. The third-order valence-electron chi connectivity index (χ3n) is 3.03. The van der Waals surface area contributed by atoms with Gasteiger partial charge in [0.15, 0.2) is 0 Å². The zero-order valence-electron chi connectivity index (χ0n) is 10.9. The first kappa shape index (κ1) is 12.4. The lowest BCUT2D eigenvalue weighted by atomic mass is 10.1. The Labute approximate surface area is 106 Å². The molecule has 1 aliphatic rings. The van der Waals surface area contributed by atoms with Crippen molar-refractivity contribution in [1.82, 2.24) is 0 Å². The van der Waals surface area contributed by atoms with E-state index in [2.05, 4.69) is 6.58 Å². The van der Waals surface area contributed by atoms with E-state index in [0.29, 0.717) is 11.3 Å². The molecule has 0 unspecified atom stereocenters. The van der Waals surface area contributed by atoms with E-state index < -0.39 is 11.7 Å². The average molecular weight is 244 g/mol. The van der Waals surface area contributed by atoms with Gasteiger partial charge in [-0.15, -0.1) is 0 Å². The second-order valence-electron chi connectivity index (χ2n) is 4.71. The monoisotopic (exact) mass is 244 g/mol. The SMILES string of the molecule is C=C(C)CN(C)c1ccc2c(c1)N(C)C(=O)C2=O. The molecule has 0 saturated heterocycles. The number of ketones is 1. The van der Waals surface area contributed by atoms with Crippen LogP contribution in [0.4, 0.5) is 11.4 Å². The number of carbonyl (C=O) groups is 2. The van der Waals surface area contributed by atoms with Gasteiger partial charge in [0.25, 0.3) is 11.7 Å². The van der Waals surface area contributed by atoms with E-state index in [1.807, 2.05) is 31.0 Å². The molecule has 1 amide bonds. The molecular weight excluding hydrogens is 228 g/mol. The molecule has 2 rings (SSSR count). The molecule has 4 nitrogen and oxygen atoms in total. The smallest absolute Gasteiger partial charge is 0.299 e. The fourth-order valence-electron chi connectivity index (χ4n) is 2.10. The molecule has 0 aliphatic carbocycles. The maximum absolute atomic E-state index is 11.6. The van der Waals surface area contributed by atoms with Gasteiger partial charge in [-0.1, -0.05) is 12.2 Å². The minimum Gasteiger partial charge on any atom is -0.371 e. The van der Waals surface area contributed by atoms with Crippen LogP contribution in [0.5, 0.6) is 0 Å². The van der Waals surface area contributed by atoms with Crippen molar-refractivity contribution in [2.24, 2.45) is 0 Å². The lowest BCUT2D eigenvalue weighted by Gasteiger charge is -2.20. The van der Waals surface area contributed by atoms with Crippen molar-refractivity contribution in [3.8, 4) is 0 Å². The van der Waals surface area contributed by atoms with E-state index in [4.69, 9.17) is 0 Å². The third kappa shape index (κ3) is 1.90. The van der Waals surface area contributed by atoms with Crippen molar-refractivity contribution in [1.29, 1.82) is 0 Å². The highest BCUT2D eigenvalue weighted by Crippen LogP contribution is 2.31. The standard InChI is InChI=1S/C14H16N2O2/c1-9(2)8-15(3)10-5-6-11-12(7-10)16(4)14(18)13(11)17/h5-7H,1,8H2,2-4H3. The molecule has 0 atom stereocenters. The fraction of sp³-hybridized carbons (Fsp3) is 0.286. The normalized spacial score (nSPS) is 13.8. The topological polar surface area (TPSA) is 40.6 Å². The molecule has 1 aromatic rings. The zero-order chi connectivity index (χ0) is 13.4. The van der Waals surface area contributed by atoms with Gasteiger partial charge in [0.05, 0.1) is 11.3 Å². The van der Waals surface area contributed by atoms with Gasteiger partial charge < -0.3 is 9.80 Å². The van der Waals surface area contributed by atoms with Crippen LogP contribution in [0.25, 0.3) is 0 Å². The van der Waals surface area contributed by atoms with Crippen LogP contribution in [0.2, 0.25) is 0 Å². The van der Waals surface area contributed by atoms with Crippen molar-refractivity contribution >= 4 is 23.1 Å². The van der Waals surface area contributed by atoms with E-state index in [-0.39, 0.29) is 0 Å². The van der Waals surface area contributed by atoms with Crippen molar-refractivity contribution < 1.29 is 9.59 Å². The Morgan fingerprint density at radius 3 is 2.67 bits per heavy atom. The first-order valence-electron chi connectivity index (χ1n) is 5.73. The summed E-state index contributed by atoms with van der Waals surface area (Å²) in [5, 5.41) is 0. The summed E-state index contributed by atoms with van der Waals surface area (Å²) in [6.45, 7) is 6.57. The minimum atomic E-state index is -0.468. The van der Waals surface area contributed by atoms with Crippen LogP contribution in [0.1, 0.15) is 17.3 Å². The van der Waals surface area contributed by atoms with Gasteiger partial charge in [-0.25, -0.2) is 0 Å². The van der Waals surface area contributed by atoms with Gasteiger partial charge >= 0.3 is 0 Å². The van der Waals surface area contributed by atoms with Gasteiger partial charge in [-0.3, -0.25) is 9.59 Å². The Hall–Kier alpha value is -2.10. The number of likely N-dealkylation sites (N-methyl/N-ethyl adjacent to an activating group) is 2. The summed E-state index contributed by atoms with van der Waals surface area (Å²) in [7, 11) is 3.57. The van der Waals surface area contributed by atoms with Gasteiger partial charge in [0.2, 0.25) is 0 Å². The first-order chi connectivity index (χ1) is 8.41. The summed E-state index contributed by atoms with van der Waals surface area (Å²) in [6.07, 6.45) is 0. The maximum Gasteiger partial charge on any atom is 0.299 e. The van der Waals surface area contributed by atoms with Gasteiger partial charge in [-0.2, -0.15) is 0 Å². The molecule has 0 spiro atoms. The predicted octanol–water partition coefficient (Wildman–Crippen LogP) is 1.86. The number of hydrogen-bond acceptors (Lipinski definition) is 3. The quantitative estimate of drug-likeness (QED) is 0.602. The lowest BCUT2D eigenvalue weighted by molar-refractivity contribution is -0.114. The number of amides is 1. The maximum atomic E-state index is 11.6. The Morgan fingerprint density at radius 2 is 2.06 bits per heavy atom. The number of benzene rings is 1. The van der Waals surface area contributed by atoms with Crippen molar-refractivity contribution in [3.63, 3.8) is 0 Å². The van der Waals surface area contributed by atoms with E-state index in [9.17, 15) is 9.59 Å². The number of Topliss-reactive ketones (excluding diaryl/α,β-unsaturated/α-hetero) is 1. The summed E-state index contributed by atoms with van der Waals surface area (Å²) < 4.78 is 0. The Bertz CT molecular complexity index is 549. The van der Waals surface area contributed by atoms with Crippen LogP contribution >= 0.6 is 0 Å². The number of carbonyl (C=O) groups excluding carboxylic acids is 2. The number of anilines is 2. The number of rotatable bonds is 3. The Morgan fingerprint density at radius 1 is 1.39 bits per heavy atom. The molecule has 94 valence electrons. The molecule has 0 N–H and O–H groups in total. The summed E-state index contributed by atoms with van der Waals surface area (Å²) in [5.74, 6) is -0.897. The lowest BCUT2D eigenvalue weighted by Crippen LogP contribution is -2.25. The largest absolute Gasteiger partial charge is 0.371 e. The average Bonchev–Trinajstić information content (AvgIpc) is 2.53. The molecule has 1 aromatic carbocycles. The Kier molecular flexibility index (Phi) is 2.95. The number of nitrogens with zero attached hydrogens (tertiary/aromatic N) is 2. The van der Waals surface area contributed by atoms with E-state index in [1.165, 1.54) is 4.90 Å². The van der Waals surface area contributed by atoms with Crippen LogP contribution in [0.3, 0.4) is 0 Å². The van der Waals surface area contributed by atoms with E-state index in [1.54, 1.807) is 13.1 Å². The summed E-state index contributed by atoms with van der Waals surface area (Å²) in [6, 6.07) is 5.43. The van der Waals surface area contributed by atoms with Crippen LogP contribution in [0.15, 0.2) is 30.4 Å². The van der Waals surface area contributed by atoms with Crippen LogP contribution in [-0.2, 0) is 4.79 Å². The highest BCUT2D eigenvalue weighted by molar-refractivity contribution is 6.52. The van der Waals surface area contributed by atoms with Gasteiger partial charge in [0.1, 0.15) is 0 Å². The third-order valence-corrected chi connectivity index (χ3v) is 3.03. The fourth-order valence-corrected chi connectivity index (χ4v) is 2.10. The van der Waals surface area contributed by atoms with Crippen LogP contribution in [-0.4, -0.2) is 32.3 Å². The van der Waals surface area contributed by atoms with Gasteiger partial charge in [0, 0.05) is 26.3 Å². The van der Waals surface area contributed by atoms with Crippen LogP contribution in [0, 0.1) is 0 Å². The highest BCUT2D eigenvalue weighted by Gasteiger charge is 2.33. The van der Waals surface area contributed by atoms with E-state index >= 15 is 0 Å². The highest BCUT2D eigenvalue weighted by atomic mass is 16.2. The molecule has 1 heterocycles. The number of fused-ring (bicyclic) bond motifs is 1. The summed E-state index contributed by atoms with van der Waals surface area (Å²) in [5.41, 5.74) is 3.18. The molecule has 0 radical (unpaired) electrons. The zero-order valence-corrected chi connectivity index (χ0v) is 10.9. The molecule has 4 heteroatoms. The molecule has 1 aliphatic heterocycles. The number of hydrogen-bond donors (Lipinski definition) is 0. The van der Waals surface area contributed by atoms with Crippen molar-refractivity contribution in [3.05, 3.63) is 35.9 Å². The predicted molar refractivity (Wildman–Crippen MR) is 72.3 cm³/mol. The summed E-state index contributed by atoms with van der Waals surface area (Å²) in [4.78, 5) is 26.6. The second kappa shape index (κ2) is 4.29. The molecule has 0 aromatic heterocycles. The molecular formula is C14H16N2O2. The summed E-state index contributed by atoms with van der Waals surface area (Å²) >= 11 is 0. The Balaban J connectivity index is 2.37. The van der Waals surface area contributed by atoms with Crippen molar-refractivity contribution in [2.45, 2.75) is 6.92 Å². The van der Waals surface area contributed by atoms with Gasteiger partial charge in [-0.05, 0) is 25.1 Å². The minimum absolute atomic E-state index is 0.429. The molecule has 18 heavy (non-hydrogen) atoms.